The average molecular weight is 206 g/mol. The van der Waals surface area contributed by atoms with Gasteiger partial charge in [0.05, 0.1) is 18.1 Å². The van der Waals surface area contributed by atoms with Crippen LogP contribution in [0.15, 0.2) is 18.7 Å². The third-order valence-corrected chi connectivity index (χ3v) is 2.17. The topological polar surface area (TPSA) is 75.2 Å². The van der Waals surface area contributed by atoms with Gasteiger partial charge in [-0.25, -0.2) is 9.97 Å². The van der Waals surface area contributed by atoms with Crippen molar-refractivity contribution in [2.75, 3.05) is 11.4 Å². The first kappa shape index (κ1) is 9.57. The predicted molar refractivity (Wildman–Crippen MR) is 52.0 cm³/mol. The number of piperazine rings is 1. The maximum absolute atomic E-state index is 11.7. The maximum atomic E-state index is 11.7. The molecule has 1 fully saturated rings. The van der Waals surface area contributed by atoms with Crippen LogP contribution in [0.3, 0.4) is 0 Å². The van der Waals surface area contributed by atoms with E-state index in [4.69, 9.17) is 0 Å². The second-order valence-electron chi connectivity index (χ2n) is 3.31. The van der Waals surface area contributed by atoms with Gasteiger partial charge in [-0.3, -0.25) is 14.5 Å². The number of aromatic nitrogens is 2. The third kappa shape index (κ3) is 1.78. The molecule has 1 N–H and O–H groups in total. The molecular formula is C9H10N4O2. The standard InChI is InChI=1S/C9H10N4O2/c1-6-9(15)13(4-8(14)12-6)7-2-10-5-11-3-7/h2-3,5-6H,4H2,1H3,(H,12,14). The first-order valence-electron chi connectivity index (χ1n) is 4.54. The third-order valence-electron chi connectivity index (χ3n) is 2.17. The van der Waals surface area contributed by atoms with Crippen molar-refractivity contribution < 1.29 is 9.59 Å². The molecule has 2 amide bonds. The summed E-state index contributed by atoms with van der Waals surface area (Å²) >= 11 is 0. The molecule has 0 bridgehead atoms. The molecule has 6 nitrogen and oxygen atoms in total. The van der Waals surface area contributed by atoms with E-state index in [0.717, 1.165) is 0 Å². The summed E-state index contributed by atoms with van der Waals surface area (Å²) in [6.07, 6.45) is 4.40. The lowest BCUT2D eigenvalue weighted by Gasteiger charge is -2.30. The first-order chi connectivity index (χ1) is 7.18. The van der Waals surface area contributed by atoms with Crippen LogP contribution in [0.1, 0.15) is 6.92 Å². The van der Waals surface area contributed by atoms with E-state index in [2.05, 4.69) is 15.3 Å². The number of carbonyl (C=O) groups excluding carboxylic acids is 2. The highest BCUT2D eigenvalue weighted by atomic mass is 16.2. The summed E-state index contributed by atoms with van der Waals surface area (Å²) in [7, 11) is 0. The van der Waals surface area contributed by atoms with E-state index < -0.39 is 6.04 Å². The zero-order valence-corrected chi connectivity index (χ0v) is 8.17. The van der Waals surface area contributed by atoms with Crippen LogP contribution < -0.4 is 10.2 Å². The van der Waals surface area contributed by atoms with Crippen molar-refractivity contribution in [2.24, 2.45) is 0 Å². The number of amides is 2. The Bertz CT molecular complexity index is 392. The molecule has 15 heavy (non-hydrogen) atoms. The number of nitrogens with zero attached hydrogens (tertiary/aromatic N) is 3. The molecule has 0 spiro atoms. The minimum atomic E-state index is -0.494. The summed E-state index contributed by atoms with van der Waals surface area (Å²) in [4.78, 5) is 32.0. The molecule has 0 aliphatic carbocycles. The summed E-state index contributed by atoms with van der Waals surface area (Å²) in [5.74, 6) is -0.324. The fraction of sp³-hybridized carbons (Fsp3) is 0.333. The van der Waals surface area contributed by atoms with Crippen LogP contribution in [0, 0.1) is 0 Å². The fourth-order valence-electron chi connectivity index (χ4n) is 1.45. The largest absolute Gasteiger partial charge is 0.343 e. The van der Waals surface area contributed by atoms with E-state index in [1.54, 1.807) is 6.92 Å². The highest BCUT2D eigenvalue weighted by Crippen LogP contribution is 2.13. The Hall–Kier alpha value is -1.98. The van der Waals surface area contributed by atoms with Crippen molar-refractivity contribution in [1.82, 2.24) is 15.3 Å². The van der Waals surface area contributed by atoms with Gasteiger partial charge in [-0.15, -0.1) is 0 Å². The van der Waals surface area contributed by atoms with Crippen molar-refractivity contribution in [3.05, 3.63) is 18.7 Å². The second kappa shape index (κ2) is 3.64. The lowest BCUT2D eigenvalue weighted by Crippen LogP contribution is -2.57. The predicted octanol–water partition coefficient (Wildman–Crippen LogP) is -0.672. The van der Waals surface area contributed by atoms with Crippen LogP contribution in [0.2, 0.25) is 0 Å². The van der Waals surface area contributed by atoms with E-state index in [1.807, 2.05) is 0 Å². The van der Waals surface area contributed by atoms with Crippen molar-refractivity contribution in [3.63, 3.8) is 0 Å². The van der Waals surface area contributed by atoms with Gasteiger partial charge < -0.3 is 5.32 Å². The number of rotatable bonds is 1. The van der Waals surface area contributed by atoms with Crippen LogP contribution in [-0.4, -0.2) is 34.4 Å². The van der Waals surface area contributed by atoms with Gasteiger partial charge in [-0.05, 0) is 6.92 Å². The molecule has 1 saturated heterocycles. The zero-order chi connectivity index (χ0) is 10.8. The Morgan fingerprint density at radius 2 is 2.07 bits per heavy atom. The molecule has 1 aliphatic heterocycles. The molecule has 0 aromatic carbocycles. The highest BCUT2D eigenvalue weighted by molar-refractivity contribution is 6.06. The second-order valence-corrected chi connectivity index (χ2v) is 3.31. The van der Waals surface area contributed by atoms with Crippen molar-refractivity contribution in [1.29, 1.82) is 0 Å². The van der Waals surface area contributed by atoms with Gasteiger partial charge in [-0.2, -0.15) is 0 Å². The van der Waals surface area contributed by atoms with E-state index in [1.165, 1.54) is 23.6 Å². The van der Waals surface area contributed by atoms with Gasteiger partial charge in [-0.1, -0.05) is 0 Å². The normalized spacial score (nSPS) is 21.4. The Morgan fingerprint density at radius 3 is 2.73 bits per heavy atom. The number of hydrogen-bond donors (Lipinski definition) is 1. The lowest BCUT2D eigenvalue weighted by molar-refractivity contribution is -0.130. The van der Waals surface area contributed by atoms with Gasteiger partial charge in [0.1, 0.15) is 18.9 Å². The van der Waals surface area contributed by atoms with Crippen LogP contribution in [-0.2, 0) is 9.59 Å². The van der Waals surface area contributed by atoms with Crippen LogP contribution in [0.4, 0.5) is 5.69 Å². The summed E-state index contributed by atoms with van der Waals surface area (Å²) in [6, 6.07) is -0.494. The molecular weight excluding hydrogens is 196 g/mol. The van der Waals surface area contributed by atoms with Gasteiger partial charge >= 0.3 is 0 Å². The van der Waals surface area contributed by atoms with E-state index in [-0.39, 0.29) is 18.4 Å². The quantitative estimate of drug-likeness (QED) is 0.661. The fourth-order valence-corrected chi connectivity index (χ4v) is 1.45. The minimum absolute atomic E-state index is 0.0244. The molecule has 78 valence electrons. The number of carbonyl (C=O) groups is 2. The molecule has 1 aromatic heterocycles. The lowest BCUT2D eigenvalue weighted by atomic mass is 10.2. The molecule has 1 unspecified atom stereocenters. The average Bonchev–Trinajstić information content (AvgIpc) is 2.24. The van der Waals surface area contributed by atoms with Crippen LogP contribution in [0.25, 0.3) is 0 Å². The molecule has 0 saturated carbocycles. The number of nitrogens with one attached hydrogen (secondary N) is 1. The van der Waals surface area contributed by atoms with Crippen molar-refractivity contribution >= 4 is 17.5 Å². The van der Waals surface area contributed by atoms with Crippen LogP contribution in [0.5, 0.6) is 0 Å². The molecule has 6 heteroatoms. The smallest absolute Gasteiger partial charge is 0.249 e. The Morgan fingerprint density at radius 1 is 1.40 bits per heavy atom. The van der Waals surface area contributed by atoms with E-state index >= 15 is 0 Å². The van der Waals surface area contributed by atoms with E-state index in [9.17, 15) is 9.59 Å². The summed E-state index contributed by atoms with van der Waals surface area (Å²) < 4.78 is 0. The summed E-state index contributed by atoms with van der Waals surface area (Å²) in [5, 5.41) is 2.56. The molecule has 1 aliphatic rings. The molecule has 1 atom stereocenters. The van der Waals surface area contributed by atoms with Crippen molar-refractivity contribution in [3.8, 4) is 0 Å². The maximum Gasteiger partial charge on any atom is 0.249 e. The highest BCUT2D eigenvalue weighted by Gasteiger charge is 2.30. The first-order valence-corrected chi connectivity index (χ1v) is 4.54. The minimum Gasteiger partial charge on any atom is -0.343 e. The van der Waals surface area contributed by atoms with Gasteiger partial charge in [0.2, 0.25) is 11.8 Å². The Balaban J connectivity index is 2.28. The van der Waals surface area contributed by atoms with Crippen molar-refractivity contribution in [2.45, 2.75) is 13.0 Å². The van der Waals surface area contributed by atoms with Gasteiger partial charge in [0, 0.05) is 0 Å². The number of hydrogen-bond acceptors (Lipinski definition) is 4. The number of anilines is 1. The Kier molecular flexibility index (Phi) is 2.32. The summed E-state index contributed by atoms with van der Waals surface area (Å²) in [6.45, 7) is 1.67. The van der Waals surface area contributed by atoms with Gasteiger partial charge in [0.25, 0.3) is 0 Å². The van der Waals surface area contributed by atoms with E-state index in [0.29, 0.717) is 5.69 Å². The van der Waals surface area contributed by atoms with Crippen LogP contribution >= 0.6 is 0 Å². The molecule has 1 aromatic rings. The monoisotopic (exact) mass is 206 g/mol. The molecule has 2 rings (SSSR count). The zero-order valence-electron chi connectivity index (χ0n) is 8.17. The molecule has 0 radical (unpaired) electrons. The SMILES string of the molecule is CC1NC(=O)CN(c2cncnc2)C1=O. The molecule has 2 heterocycles. The van der Waals surface area contributed by atoms with Gasteiger partial charge in [0.15, 0.2) is 0 Å². The summed E-state index contributed by atoms with van der Waals surface area (Å²) in [5.41, 5.74) is 0.546. The Labute approximate surface area is 86.3 Å².